The highest BCUT2D eigenvalue weighted by atomic mass is 19.1. The van der Waals surface area contributed by atoms with Crippen molar-refractivity contribution in [2.24, 2.45) is 0 Å². The molecule has 0 saturated carbocycles. The lowest BCUT2D eigenvalue weighted by Gasteiger charge is -2.21. The second kappa shape index (κ2) is 9.23. The SMILES string of the molecule is Cc1c(OCc2ccc(F)cc2F)nc(NCC(=O)OC(C)(C)C)n(C(C)C)c1=O. The number of nitrogens with one attached hydrogen (secondary N) is 1. The molecule has 0 unspecified atom stereocenters. The van der Waals surface area contributed by atoms with Crippen molar-refractivity contribution in [2.75, 3.05) is 11.9 Å². The standard InChI is InChI=1S/C21H27F2N3O4/c1-12(2)26-19(28)13(3)18(29-11-14-7-8-15(22)9-16(14)23)25-20(26)24-10-17(27)30-21(4,5)6/h7-9,12H,10-11H2,1-6H3,(H,24,25). The topological polar surface area (TPSA) is 82.4 Å². The first-order chi connectivity index (χ1) is 13.9. The van der Waals surface area contributed by atoms with Gasteiger partial charge < -0.3 is 14.8 Å². The molecule has 2 aromatic rings. The Morgan fingerprint density at radius 2 is 1.93 bits per heavy atom. The van der Waals surface area contributed by atoms with Gasteiger partial charge in [-0.05, 0) is 53.7 Å². The maximum absolute atomic E-state index is 13.9. The average Bonchev–Trinajstić information content (AvgIpc) is 2.60. The van der Waals surface area contributed by atoms with Crippen LogP contribution in [0.25, 0.3) is 0 Å². The molecule has 0 atom stereocenters. The van der Waals surface area contributed by atoms with E-state index in [0.717, 1.165) is 12.1 Å². The zero-order chi connectivity index (χ0) is 22.6. The van der Waals surface area contributed by atoms with Gasteiger partial charge in [0, 0.05) is 17.7 Å². The maximum atomic E-state index is 13.9. The number of anilines is 1. The summed E-state index contributed by atoms with van der Waals surface area (Å²) in [5.41, 5.74) is -0.658. The van der Waals surface area contributed by atoms with Crippen molar-refractivity contribution in [3.8, 4) is 5.88 Å². The van der Waals surface area contributed by atoms with Crippen molar-refractivity contribution < 1.29 is 23.0 Å². The predicted molar refractivity (Wildman–Crippen MR) is 109 cm³/mol. The molecule has 1 aromatic carbocycles. The number of esters is 1. The van der Waals surface area contributed by atoms with Crippen molar-refractivity contribution in [2.45, 2.75) is 59.8 Å². The molecular formula is C21H27F2N3O4. The highest BCUT2D eigenvalue weighted by molar-refractivity contribution is 5.74. The van der Waals surface area contributed by atoms with Crippen LogP contribution in [-0.2, 0) is 16.1 Å². The summed E-state index contributed by atoms with van der Waals surface area (Å²) in [6, 6.07) is 2.89. The number of rotatable bonds is 7. The predicted octanol–water partition coefficient (Wildman–Crippen LogP) is 3.74. The van der Waals surface area contributed by atoms with Crippen LogP contribution in [0.3, 0.4) is 0 Å². The smallest absolute Gasteiger partial charge is 0.325 e. The van der Waals surface area contributed by atoms with E-state index in [1.165, 1.54) is 10.6 Å². The number of hydrogen-bond donors (Lipinski definition) is 1. The van der Waals surface area contributed by atoms with Gasteiger partial charge in [-0.3, -0.25) is 14.2 Å². The first-order valence-corrected chi connectivity index (χ1v) is 9.54. The minimum atomic E-state index is -0.758. The Labute approximate surface area is 174 Å². The number of carbonyl (C=O) groups excluding carboxylic acids is 1. The van der Waals surface area contributed by atoms with Crippen LogP contribution >= 0.6 is 0 Å². The summed E-state index contributed by atoms with van der Waals surface area (Å²) in [5.74, 6) is -1.85. The molecule has 0 aliphatic heterocycles. The Balaban J connectivity index is 2.28. The van der Waals surface area contributed by atoms with Crippen LogP contribution in [0.2, 0.25) is 0 Å². The second-order valence-electron chi connectivity index (χ2n) is 8.10. The molecule has 1 heterocycles. The minimum Gasteiger partial charge on any atom is -0.472 e. The lowest BCUT2D eigenvalue weighted by molar-refractivity contribution is -0.152. The van der Waals surface area contributed by atoms with Crippen LogP contribution in [0, 0.1) is 18.6 Å². The summed E-state index contributed by atoms with van der Waals surface area (Å²) < 4.78 is 39.1. The molecule has 0 aliphatic carbocycles. The quantitative estimate of drug-likeness (QED) is 0.683. The van der Waals surface area contributed by atoms with E-state index in [9.17, 15) is 18.4 Å². The van der Waals surface area contributed by atoms with E-state index in [0.29, 0.717) is 0 Å². The van der Waals surface area contributed by atoms with Crippen LogP contribution < -0.4 is 15.6 Å². The van der Waals surface area contributed by atoms with Gasteiger partial charge in [0.1, 0.15) is 30.4 Å². The zero-order valence-electron chi connectivity index (χ0n) is 18.0. The number of benzene rings is 1. The maximum Gasteiger partial charge on any atom is 0.325 e. The van der Waals surface area contributed by atoms with Gasteiger partial charge in [0.05, 0.1) is 5.56 Å². The van der Waals surface area contributed by atoms with Crippen molar-refractivity contribution in [1.29, 1.82) is 0 Å². The van der Waals surface area contributed by atoms with Gasteiger partial charge in [0.15, 0.2) is 0 Å². The summed E-state index contributed by atoms with van der Waals surface area (Å²) in [4.78, 5) is 29.1. The third-order valence-corrected chi connectivity index (χ3v) is 4.00. The van der Waals surface area contributed by atoms with Gasteiger partial charge in [-0.25, -0.2) is 8.78 Å². The Bertz CT molecular complexity index is 981. The normalized spacial score (nSPS) is 11.5. The number of carbonyl (C=O) groups is 1. The molecule has 9 heteroatoms. The van der Waals surface area contributed by atoms with Gasteiger partial charge in [-0.15, -0.1) is 0 Å². The average molecular weight is 423 g/mol. The molecule has 0 radical (unpaired) electrons. The van der Waals surface area contributed by atoms with Crippen molar-refractivity contribution in [1.82, 2.24) is 9.55 Å². The molecule has 0 aliphatic rings. The highest BCUT2D eigenvalue weighted by Gasteiger charge is 2.20. The lowest BCUT2D eigenvalue weighted by atomic mass is 10.2. The Hall–Kier alpha value is -2.97. The fourth-order valence-corrected chi connectivity index (χ4v) is 2.66. The molecule has 30 heavy (non-hydrogen) atoms. The van der Waals surface area contributed by atoms with Gasteiger partial charge in [-0.2, -0.15) is 4.98 Å². The summed E-state index contributed by atoms with van der Waals surface area (Å²) in [7, 11) is 0. The molecule has 0 saturated heterocycles. The van der Waals surface area contributed by atoms with Crippen molar-refractivity contribution in [3.05, 3.63) is 51.3 Å². The molecule has 0 bridgehead atoms. The number of aromatic nitrogens is 2. The summed E-state index contributed by atoms with van der Waals surface area (Å²) in [6.45, 7) is 9.95. The van der Waals surface area contributed by atoms with E-state index in [1.54, 1.807) is 41.5 Å². The number of halogens is 2. The van der Waals surface area contributed by atoms with Crippen LogP contribution in [0.4, 0.5) is 14.7 Å². The fraction of sp³-hybridized carbons (Fsp3) is 0.476. The lowest BCUT2D eigenvalue weighted by Crippen LogP contribution is -2.32. The summed E-state index contributed by atoms with van der Waals surface area (Å²) in [5, 5.41) is 2.82. The van der Waals surface area contributed by atoms with E-state index in [1.807, 2.05) is 0 Å². The van der Waals surface area contributed by atoms with Crippen molar-refractivity contribution >= 4 is 11.9 Å². The van der Waals surface area contributed by atoms with Crippen LogP contribution in [0.1, 0.15) is 51.8 Å². The van der Waals surface area contributed by atoms with Gasteiger partial charge in [-0.1, -0.05) is 0 Å². The fourth-order valence-electron chi connectivity index (χ4n) is 2.66. The Morgan fingerprint density at radius 3 is 2.50 bits per heavy atom. The molecule has 0 spiro atoms. The van der Waals surface area contributed by atoms with Crippen LogP contribution in [0.15, 0.2) is 23.0 Å². The second-order valence-corrected chi connectivity index (χ2v) is 8.10. The Kier molecular flexibility index (Phi) is 7.17. The molecular weight excluding hydrogens is 396 g/mol. The first kappa shape index (κ1) is 23.3. The van der Waals surface area contributed by atoms with Crippen LogP contribution in [-0.4, -0.2) is 27.7 Å². The van der Waals surface area contributed by atoms with E-state index >= 15 is 0 Å². The van der Waals surface area contributed by atoms with Gasteiger partial charge in [0.25, 0.3) is 5.56 Å². The number of ether oxygens (including phenoxy) is 2. The third kappa shape index (κ3) is 6.01. The molecule has 164 valence electrons. The van der Waals surface area contributed by atoms with E-state index in [4.69, 9.17) is 9.47 Å². The summed E-state index contributed by atoms with van der Waals surface area (Å²) >= 11 is 0. The molecule has 7 nitrogen and oxygen atoms in total. The number of nitrogens with zero attached hydrogens (tertiary/aromatic N) is 2. The van der Waals surface area contributed by atoms with Crippen molar-refractivity contribution in [3.63, 3.8) is 0 Å². The first-order valence-electron chi connectivity index (χ1n) is 9.54. The minimum absolute atomic E-state index is 0.00712. The molecule has 1 aromatic heterocycles. The third-order valence-electron chi connectivity index (χ3n) is 4.00. The molecule has 0 amide bonds. The van der Waals surface area contributed by atoms with Gasteiger partial charge in [0.2, 0.25) is 11.8 Å². The van der Waals surface area contributed by atoms with Crippen LogP contribution in [0.5, 0.6) is 5.88 Å². The monoisotopic (exact) mass is 423 g/mol. The largest absolute Gasteiger partial charge is 0.472 e. The van der Waals surface area contributed by atoms with E-state index < -0.39 is 23.2 Å². The molecule has 0 fully saturated rings. The summed E-state index contributed by atoms with van der Waals surface area (Å²) in [6.07, 6.45) is 0. The molecule has 1 N–H and O–H groups in total. The van der Waals surface area contributed by atoms with Gasteiger partial charge >= 0.3 is 5.97 Å². The van der Waals surface area contributed by atoms with E-state index in [2.05, 4.69) is 10.3 Å². The molecule has 2 rings (SSSR count). The highest BCUT2D eigenvalue weighted by Crippen LogP contribution is 2.20. The zero-order valence-corrected chi connectivity index (χ0v) is 18.0. The number of hydrogen-bond acceptors (Lipinski definition) is 6. The van der Waals surface area contributed by atoms with E-state index in [-0.39, 0.29) is 47.7 Å². The Morgan fingerprint density at radius 1 is 1.27 bits per heavy atom.